The van der Waals surface area contributed by atoms with Crippen LogP contribution in [0.15, 0.2) is 45.9 Å². The molecule has 21 heavy (non-hydrogen) atoms. The van der Waals surface area contributed by atoms with E-state index in [2.05, 4.69) is 25.6 Å². The topological polar surface area (TPSA) is 96.4 Å². The normalized spacial score (nSPS) is 11.1. The minimum atomic E-state index is -3.98. The number of aromatic carboxylic acids is 1. The largest absolute Gasteiger partial charge is 0.478 e. The van der Waals surface area contributed by atoms with Crippen molar-refractivity contribution >= 4 is 49.3 Å². The van der Waals surface area contributed by atoms with Crippen LogP contribution in [0.25, 0.3) is 0 Å². The number of carboxylic acids is 1. The van der Waals surface area contributed by atoms with Gasteiger partial charge in [0.15, 0.2) is 0 Å². The van der Waals surface area contributed by atoms with Crippen molar-refractivity contribution in [1.29, 1.82) is 0 Å². The average Bonchev–Trinajstić information content (AvgIpc) is 2.41. The third-order valence-corrected chi connectivity index (χ3v) is 5.01. The Hall–Kier alpha value is -1.64. The van der Waals surface area contributed by atoms with E-state index in [0.717, 1.165) is 6.07 Å². The highest BCUT2D eigenvalue weighted by Crippen LogP contribution is 2.25. The fourth-order valence-corrected chi connectivity index (χ4v) is 3.58. The molecule has 1 heterocycles. The summed E-state index contributed by atoms with van der Waals surface area (Å²) in [5.41, 5.74) is -0.136. The van der Waals surface area contributed by atoms with Gasteiger partial charge in [-0.15, -0.1) is 0 Å². The Kier molecular flexibility index (Phi) is 4.50. The van der Waals surface area contributed by atoms with Gasteiger partial charge in [0, 0.05) is 10.7 Å². The smallest absolute Gasteiger partial charge is 0.335 e. The molecule has 0 unspecified atom stereocenters. The summed E-state index contributed by atoms with van der Waals surface area (Å²) in [5.74, 6) is -1.14. The molecule has 1 aromatic carbocycles. The molecule has 0 amide bonds. The number of hydrogen-bond donors (Lipinski definition) is 2. The van der Waals surface area contributed by atoms with Gasteiger partial charge in [0.25, 0.3) is 10.0 Å². The summed E-state index contributed by atoms with van der Waals surface area (Å²) in [7, 11) is -3.98. The molecule has 2 N–H and O–H groups in total. The number of benzene rings is 1. The van der Waals surface area contributed by atoms with Crippen LogP contribution in [-0.2, 0) is 10.0 Å². The zero-order valence-electron chi connectivity index (χ0n) is 10.2. The maximum absolute atomic E-state index is 12.3. The zero-order valence-corrected chi connectivity index (χ0v) is 13.4. The first kappa shape index (κ1) is 15.7. The number of anilines is 1. The fourth-order valence-electron chi connectivity index (χ4n) is 1.47. The summed E-state index contributed by atoms with van der Waals surface area (Å²) in [5, 5.41) is 9.30. The van der Waals surface area contributed by atoms with Crippen molar-refractivity contribution in [2.75, 3.05) is 4.72 Å². The fraction of sp³-hybridized carbons (Fsp3) is 0. The summed E-state index contributed by atoms with van der Waals surface area (Å²) in [6, 6.07) is 6.59. The number of aromatic nitrogens is 1. The number of carbonyl (C=O) groups is 1. The molecular weight excluding hydrogens is 384 g/mol. The Balaban J connectivity index is 2.41. The summed E-state index contributed by atoms with van der Waals surface area (Å²) in [4.78, 5) is 14.6. The van der Waals surface area contributed by atoms with E-state index in [0.29, 0.717) is 5.02 Å². The van der Waals surface area contributed by atoms with E-state index in [9.17, 15) is 13.2 Å². The monoisotopic (exact) mass is 390 g/mol. The van der Waals surface area contributed by atoms with Gasteiger partial charge in [-0.25, -0.2) is 18.2 Å². The third kappa shape index (κ3) is 3.72. The van der Waals surface area contributed by atoms with Gasteiger partial charge in [-0.2, -0.15) is 0 Å². The molecule has 0 radical (unpaired) electrons. The predicted octanol–water partition coefficient (Wildman–Crippen LogP) is 3.00. The van der Waals surface area contributed by atoms with Crippen molar-refractivity contribution in [2.45, 2.75) is 4.90 Å². The molecule has 6 nitrogen and oxygen atoms in total. The lowest BCUT2D eigenvalue weighted by molar-refractivity contribution is 0.0696. The van der Waals surface area contributed by atoms with Gasteiger partial charge in [0.2, 0.25) is 0 Å². The molecule has 2 aromatic rings. The number of nitrogens with one attached hydrogen (secondary N) is 1. The van der Waals surface area contributed by atoms with E-state index >= 15 is 0 Å². The van der Waals surface area contributed by atoms with E-state index in [1.165, 1.54) is 30.5 Å². The second kappa shape index (κ2) is 6.00. The highest BCUT2D eigenvalue weighted by molar-refractivity contribution is 9.10. The second-order valence-corrected chi connectivity index (χ2v) is 6.86. The van der Waals surface area contributed by atoms with Crippen molar-refractivity contribution in [2.24, 2.45) is 0 Å². The van der Waals surface area contributed by atoms with Crippen LogP contribution in [0, 0.1) is 0 Å². The maximum atomic E-state index is 12.3. The summed E-state index contributed by atoms with van der Waals surface area (Å²) < 4.78 is 27.0. The number of pyridine rings is 1. The van der Waals surface area contributed by atoms with Gasteiger partial charge in [-0.3, -0.25) is 4.72 Å². The lowest BCUT2D eigenvalue weighted by Crippen LogP contribution is -2.15. The van der Waals surface area contributed by atoms with Gasteiger partial charge >= 0.3 is 5.97 Å². The zero-order chi connectivity index (χ0) is 15.6. The average molecular weight is 392 g/mol. The number of rotatable bonds is 4. The molecule has 0 bridgehead atoms. The summed E-state index contributed by atoms with van der Waals surface area (Å²) in [6.45, 7) is 0. The van der Waals surface area contributed by atoms with Gasteiger partial charge in [0.05, 0.1) is 10.6 Å². The Morgan fingerprint density at radius 2 is 2.00 bits per heavy atom. The number of carboxylic acid groups (broad SMARTS) is 1. The lowest BCUT2D eigenvalue weighted by atomic mass is 10.2. The van der Waals surface area contributed by atoms with Crippen LogP contribution in [0.2, 0.25) is 5.02 Å². The van der Waals surface area contributed by atoms with Gasteiger partial charge < -0.3 is 5.11 Å². The molecule has 0 aliphatic rings. The molecule has 110 valence electrons. The van der Waals surface area contributed by atoms with Gasteiger partial charge in [-0.1, -0.05) is 11.6 Å². The van der Waals surface area contributed by atoms with Gasteiger partial charge in [-0.05, 0) is 46.3 Å². The molecule has 1 aromatic heterocycles. The van der Waals surface area contributed by atoms with Crippen molar-refractivity contribution in [3.05, 3.63) is 51.6 Å². The first-order valence-corrected chi connectivity index (χ1v) is 8.12. The highest BCUT2D eigenvalue weighted by Gasteiger charge is 2.20. The minimum Gasteiger partial charge on any atom is -0.478 e. The Labute approximate surface area is 134 Å². The molecule has 0 aliphatic heterocycles. The number of halogens is 2. The van der Waals surface area contributed by atoms with Crippen LogP contribution in [-0.4, -0.2) is 24.5 Å². The molecular formula is C12H8BrClN2O4S. The Morgan fingerprint density at radius 1 is 1.29 bits per heavy atom. The van der Waals surface area contributed by atoms with Crippen LogP contribution in [0.3, 0.4) is 0 Å². The van der Waals surface area contributed by atoms with E-state index in [4.69, 9.17) is 16.7 Å². The van der Waals surface area contributed by atoms with E-state index in [1.54, 1.807) is 0 Å². The van der Waals surface area contributed by atoms with E-state index in [-0.39, 0.29) is 20.7 Å². The van der Waals surface area contributed by atoms with Crippen molar-refractivity contribution in [3.63, 3.8) is 0 Å². The number of nitrogens with zero attached hydrogens (tertiary/aromatic N) is 1. The third-order valence-electron chi connectivity index (χ3n) is 2.43. The first-order chi connectivity index (χ1) is 9.79. The van der Waals surface area contributed by atoms with Crippen LogP contribution in [0.1, 0.15) is 10.4 Å². The quantitative estimate of drug-likeness (QED) is 0.835. The standard InChI is InChI=1S/C12H8BrClN2O4S/c13-9-3-1-7(12(17)18)5-10(9)21(19,20)16-11-4-2-8(14)6-15-11/h1-6H,(H,15,16)(H,17,18). The van der Waals surface area contributed by atoms with E-state index < -0.39 is 16.0 Å². The van der Waals surface area contributed by atoms with Crippen molar-refractivity contribution in [1.82, 2.24) is 4.98 Å². The van der Waals surface area contributed by atoms with Crippen LogP contribution < -0.4 is 4.72 Å². The van der Waals surface area contributed by atoms with Crippen LogP contribution in [0.5, 0.6) is 0 Å². The molecule has 0 spiro atoms. The van der Waals surface area contributed by atoms with Crippen molar-refractivity contribution in [3.8, 4) is 0 Å². The Bertz CT molecular complexity index is 793. The molecule has 9 heteroatoms. The highest BCUT2D eigenvalue weighted by atomic mass is 79.9. The summed E-state index contributed by atoms with van der Waals surface area (Å²) >= 11 is 8.75. The Morgan fingerprint density at radius 3 is 2.57 bits per heavy atom. The molecule has 2 rings (SSSR count). The predicted molar refractivity (Wildman–Crippen MR) is 81.2 cm³/mol. The SMILES string of the molecule is O=C(O)c1ccc(Br)c(S(=O)(=O)Nc2ccc(Cl)cn2)c1. The second-order valence-electron chi connectivity index (χ2n) is 3.92. The van der Waals surface area contributed by atoms with E-state index in [1.807, 2.05) is 0 Å². The van der Waals surface area contributed by atoms with Crippen molar-refractivity contribution < 1.29 is 18.3 Å². The number of sulfonamides is 1. The minimum absolute atomic E-state index is 0.0760. The maximum Gasteiger partial charge on any atom is 0.335 e. The molecule has 0 aliphatic carbocycles. The van der Waals surface area contributed by atoms with Crippen LogP contribution in [0.4, 0.5) is 5.82 Å². The lowest BCUT2D eigenvalue weighted by Gasteiger charge is -2.09. The molecule has 0 atom stereocenters. The number of hydrogen-bond acceptors (Lipinski definition) is 4. The van der Waals surface area contributed by atoms with Gasteiger partial charge in [0.1, 0.15) is 10.7 Å². The van der Waals surface area contributed by atoms with Crippen LogP contribution >= 0.6 is 27.5 Å². The summed E-state index contributed by atoms with van der Waals surface area (Å²) in [6.07, 6.45) is 1.29. The molecule has 0 saturated carbocycles. The molecule has 0 saturated heterocycles. The molecule has 0 fully saturated rings. The first-order valence-electron chi connectivity index (χ1n) is 5.47.